The van der Waals surface area contributed by atoms with Crippen LogP contribution < -0.4 is 20.1 Å². The predicted octanol–water partition coefficient (Wildman–Crippen LogP) is 3.35. The molecule has 4 aliphatic rings. The maximum absolute atomic E-state index is 12.9. The first-order valence-electron chi connectivity index (χ1n) is 16.7. The van der Waals surface area contributed by atoms with Crippen LogP contribution in [0.25, 0.3) is 33.6 Å². The third kappa shape index (κ3) is 5.57. The Morgan fingerprint density at radius 2 is 1.36 bits per heavy atom. The normalized spacial score (nSPS) is 18.6. The highest BCUT2D eigenvalue weighted by atomic mass is 16.5. The average molecular weight is 681 g/mol. The highest BCUT2D eigenvalue weighted by molar-refractivity contribution is 5.88. The van der Waals surface area contributed by atoms with Crippen molar-refractivity contribution in [2.75, 3.05) is 33.3 Å². The predicted molar refractivity (Wildman–Crippen MR) is 178 cm³/mol. The Morgan fingerprint density at radius 1 is 0.840 bits per heavy atom. The molecule has 2 atom stereocenters. The molecule has 0 aliphatic carbocycles. The number of aromatic amines is 2. The molecule has 50 heavy (non-hydrogen) atoms. The number of hydrogen-bond donors (Lipinski definition) is 4. The number of hydrogen-bond acceptors (Lipinski definition) is 9. The van der Waals surface area contributed by atoms with E-state index in [1.807, 2.05) is 12.1 Å². The van der Waals surface area contributed by atoms with Gasteiger partial charge >= 0.3 is 6.09 Å². The SMILES string of the molecule is COC(=O)NCC(=O)N1CCCC1c1ncc(-c2cc3c4c(c2)OCc2cc(-c5cnc(C6CCCN6C(=O)CNC=O)[nH]5)cc(c2-4)OC3)[nH]1. The van der Waals surface area contributed by atoms with E-state index in [0.717, 1.165) is 82.0 Å². The fourth-order valence-electron chi connectivity index (χ4n) is 7.55. The summed E-state index contributed by atoms with van der Waals surface area (Å²) < 4.78 is 17.3. The molecule has 4 aliphatic heterocycles. The minimum atomic E-state index is -0.646. The van der Waals surface area contributed by atoms with Crippen molar-refractivity contribution in [3.8, 4) is 45.1 Å². The van der Waals surface area contributed by atoms with Gasteiger partial charge in [0.05, 0.1) is 49.5 Å². The molecule has 6 heterocycles. The molecular formula is C35H36N8O7. The van der Waals surface area contributed by atoms with Crippen LogP contribution in [0.5, 0.6) is 11.5 Å². The fourth-order valence-corrected chi connectivity index (χ4v) is 7.55. The number of benzene rings is 2. The number of ether oxygens (including phenoxy) is 3. The Morgan fingerprint density at radius 3 is 1.86 bits per heavy atom. The van der Waals surface area contributed by atoms with Gasteiger partial charge in [-0.1, -0.05) is 0 Å². The third-order valence-corrected chi connectivity index (χ3v) is 9.88. The number of nitrogens with one attached hydrogen (secondary N) is 4. The number of carbonyl (C=O) groups excluding carboxylic acids is 4. The molecule has 2 saturated heterocycles. The molecule has 4 amide bonds. The van der Waals surface area contributed by atoms with E-state index < -0.39 is 6.09 Å². The van der Waals surface area contributed by atoms with E-state index in [2.05, 4.69) is 47.4 Å². The minimum absolute atomic E-state index is 0.0344. The number of carbonyl (C=O) groups is 4. The number of aromatic nitrogens is 4. The Hall–Kier alpha value is -5.86. The molecule has 2 unspecified atom stereocenters. The van der Waals surface area contributed by atoms with Crippen molar-refractivity contribution in [1.82, 2.24) is 40.4 Å². The highest BCUT2D eigenvalue weighted by Gasteiger charge is 2.35. The van der Waals surface area contributed by atoms with Gasteiger partial charge in [0.1, 0.15) is 42.9 Å². The van der Waals surface area contributed by atoms with Gasteiger partial charge in [-0.25, -0.2) is 14.8 Å². The van der Waals surface area contributed by atoms with Gasteiger partial charge in [-0.3, -0.25) is 14.4 Å². The first-order valence-corrected chi connectivity index (χ1v) is 16.7. The number of nitrogens with zero attached hydrogens (tertiary/aromatic N) is 4. The van der Waals surface area contributed by atoms with Crippen LogP contribution in [0.2, 0.25) is 0 Å². The van der Waals surface area contributed by atoms with Crippen molar-refractivity contribution in [2.45, 2.75) is 51.0 Å². The lowest BCUT2D eigenvalue weighted by atomic mass is 9.87. The van der Waals surface area contributed by atoms with Crippen molar-refractivity contribution < 1.29 is 33.4 Å². The number of amides is 4. The van der Waals surface area contributed by atoms with Gasteiger partial charge in [0.15, 0.2) is 0 Å². The summed E-state index contributed by atoms with van der Waals surface area (Å²) in [5, 5.41) is 4.92. The second-order valence-corrected chi connectivity index (χ2v) is 12.8. The molecule has 2 fully saturated rings. The van der Waals surface area contributed by atoms with Crippen LogP contribution in [0.15, 0.2) is 36.7 Å². The minimum Gasteiger partial charge on any atom is -0.488 e. The van der Waals surface area contributed by atoms with Crippen LogP contribution in [-0.2, 0) is 32.3 Å². The Balaban J connectivity index is 1.02. The molecule has 15 nitrogen and oxygen atoms in total. The van der Waals surface area contributed by atoms with E-state index in [1.165, 1.54) is 7.11 Å². The van der Waals surface area contributed by atoms with Gasteiger partial charge in [0.25, 0.3) is 0 Å². The summed E-state index contributed by atoms with van der Waals surface area (Å²) in [4.78, 5) is 67.3. The molecule has 2 aromatic carbocycles. The van der Waals surface area contributed by atoms with Gasteiger partial charge in [-0.15, -0.1) is 0 Å². The van der Waals surface area contributed by atoms with Gasteiger partial charge in [0, 0.05) is 46.5 Å². The molecular weight excluding hydrogens is 644 g/mol. The lowest BCUT2D eigenvalue weighted by Crippen LogP contribution is -2.40. The summed E-state index contributed by atoms with van der Waals surface area (Å²) in [6.45, 7) is 1.75. The smallest absolute Gasteiger partial charge is 0.407 e. The monoisotopic (exact) mass is 680 g/mol. The Bertz CT molecular complexity index is 1950. The first-order chi connectivity index (χ1) is 24.4. The van der Waals surface area contributed by atoms with Crippen LogP contribution in [0.4, 0.5) is 4.79 Å². The number of alkyl carbamates (subject to hydrolysis) is 1. The second kappa shape index (κ2) is 12.9. The summed E-state index contributed by atoms with van der Waals surface area (Å²) in [6, 6.07) is 7.82. The number of imidazole rings is 2. The molecule has 15 heteroatoms. The molecule has 4 aromatic rings. The second-order valence-electron chi connectivity index (χ2n) is 12.8. The van der Waals surface area contributed by atoms with Crippen molar-refractivity contribution >= 4 is 24.3 Å². The van der Waals surface area contributed by atoms with Gasteiger partial charge in [-0.2, -0.15) is 0 Å². The molecule has 0 saturated carbocycles. The summed E-state index contributed by atoms with van der Waals surface area (Å²) >= 11 is 0. The van der Waals surface area contributed by atoms with Gasteiger partial charge < -0.3 is 44.6 Å². The molecule has 0 bridgehead atoms. The number of likely N-dealkylation sites (tertiary alicyclic amines) is 2. The summed E-state index contributed by atoms with van der Waals surface area (Å²) in [6.07, 6.45) is 6.71. The van der Waals surface area contributed by atoms with Gasteiger partial charge in [-0.05, 0) is 49.9 Å². The lowest BCUT2D eigenvalue weighted by molar-refractivity contribution is -0.132. The topological polar surface area (TPSA) is 184 Å². The van der Waals surface area contributed by atoms with Crippen LogP contribution >= 0.6 is 0 Å². The lowest BCUT2D eigenvalue weighted by Gasteiger charge is -2.30. The van der Waals surface area contributed by atoms with Crippen LogP contribution in [0, 0.1) is 0 Å². The van der Waals surface area contributed by atoms with E-state index in [4.69, 9.17) is 9.47 Å². The van der Waals surface area contributed by atoms with Crippen molar-refractivity contribution in [1.29, 1.82) is 0 Å². The summed E-state index contributed by atoms with van der Waals surface area (Å²) in [5.41, 5.74) is 7.47. The van der Waals surface area contributed by atoms with Crippen molar-refractivity contribution in [2.24, 2.45) is 0 Å². The van der Waals surface area contributed by atoms with E-state index in [9.17, 15) is 19.2 Å². The molecule has 4 N–H and O–H groups in total. The quantitative estimate of drug-likeness (QED) is 0.193. The molecule has 258 valence electrons. The largest absolute Gasteiger partial charge is 0.488 e. The summed E-state index contributed by atoms with van der Waals surface area (Å²) in [7, 11) is 1.26. The maximum atomic E-state index is 12.9. The van der Waals surface area contributed by atoms with Crippen molar-refractivity contribution in [3.05, 3.63) is 59.4 Å². The standard InChI is InChI=1S/C35H36N8O7/c1-48-35(47)39-15-30(46)43-7-3-5-26(43)34-38-13-24(41-34)20-9-22-17-49-27-10-19(8-21-16-50-28(11-20)32(22)31(21)27)23-12-37-33(40-23)25-4-2-6-42(25)29(45)14-36-18-44/h8-13,18,25-26H,2-7,14-17H2,1H3,(H,36,44)(H,37,40)(H,38,41)(H,39,47). The van der Waals surface area contributed by atoms with Gasteiger partial charge in [0.2, 0.25) is 18.2 Å². The molecule has 8 rings (SSSR count). The van der Waals surface area contributed by atoms with Crippen LogP contribution in [0.1, 0.15) is 60.5 Å². The molecule has 0 radical (unpaired) electrons. The number of H-pyrrole nitrogens is 2. The van der Waals surface area contributed by atoms with Crippen LogP contribution in [0.3, 0.4) is 0 Å². The number of methoxy groups -OCH3 is 1. The van der Waals surface area contributed by atoms with Crippen LogP contribution in [-0.4, -0.2) is 87.3 Å². The number of rotatable bonds is 9. The fraction of sp³-hybridized carbons (Fsp3) is 0.371. The zero-order valence-electron chi connectivity index (χ0n) is 27.4. The Labute approximate surface area is 286 Å². The zero-order valence-corrected chi connectivity index (χ0v) is 27.4. The van der Waals surface area contributed by atoms with E-state index >= 15 is 0 Å². The summed E-state index contributed by atoms with van der Waals surface area (Å²) in [5.74, 6) is 2.62. The Kier molecular flexibility index (Phi) is 8.09. The third-order valence-electron chi connectivity index (χ3n) is 9.88. The van der Waals surface area contributed by atoms with E-state index in [0.29, 0.717) is 44.4 Å². The zero-order chi connectivity index (χ0) is 34.4. The first kappa shape index (κ1) is 31.4. The molecule has 2 aromatic heterocycles. The van der Waals surface area contributed by atoms with Crippen molar-refractivity contribution in [3.63, 3.8) is 0 Å². The molecule has 0 spiro atoms. The van der Waals surface area contributed by atoms with E-state index in [1.54, 1.807) is 22.2 Å². The van der Waals surface area contributed by atoms with E-state index in [-0.39, 0.29) is 37.0 Å². The average Bonchev–Trinajstić information content (AvgIpc) is 3.97. The highest BCUT2D eigenvalue weighted by Crippen LogP contribution is 2.51. The maximum Gasteiger partial charge on any atom is 0.407 e.